The van der Waals surface area contributed by atoms with Crippen molar-refractivity contribution >= 4 is 31.9 Å². The molecule has 19 heavy (non-hydrogen) atoms. The van der Waals surface area contributed by atoms with Gasteiger partial charge in [0.1, 0.15) is 0 Å². The van der Waals surface area contributed by atoms with E-state index in [0.717, 1.165) is 33.2 Å². The van der Waals surface area contributed by atoms with Crippen molar-refractivity contribution in [2.75, 3.05) is 7.05 Å². The molecule has 0 radical (unpaired) electrons. The molecule has 2 rings (SSSR count). The fraction of sp³-hybridized carbons (Fsp3) is 0.385. The summed E-state index contributed by atoms with van der Waals surface area (Å²) in [5, 5.41) is 11.5. The van der Waals surface area contributed by atoms with Gasteiger partial charge in [0.2, 0.25) is 0 Å². The summed E-state index contributed by atoms with van der Waals surface area (Å²) in [7, 11) is 1.95. The van der Waals surface area contributed by atoms with E-state index in [-0.39, 0.29) is 6.04 Å². The van der Waals surface area contributed by atoms with Crippen LogP contribution < -0.4 is 5.32 Å². The van der Waals surface area contributed by atoms with E-state index < -0.39 is 0 Å². The summed E-state index contributed by atoms with van der Waals surface area (Å²) in [5.74, 6) is 0. The van der Waals surface area contributed by atoms with Crippen LogP contribution in [0.25, 0.3) is 0 Å². The lowest BCUT2D eigenvalue weighted by molar-refractivity contribution is 0.522. The van der Waals surface area contributed by atoms with E-state index in [9.17, 15) is 0 Å². The molecule has 1 atom stereocenters. The fourth-order valence-corrected chi connectivity index (χ4v) is 2.93. The van der Waals surface area contributed by atoms with Crippen LogP contribution >= 0.6 is 31.9 Å². The van der Waals surface area contributed by atoms with E-state index in [4.69, 9.17) is 0 Å². The molecule has 0 aliphatic heterocycles. The number of nitrogens with one attached hydrogen (secondary N) is 1. The zero-order chi connectivity index (χ0) is 13.8. The minimum Gasteiger partial charge on any atom is -0.308 e. The monoisotopic (exact) mass is 386 g/mol. The van der Waals surface area contributed by atoms with Gasteiger partial charge >= 0.3 is 0 Å². The molecule has 0 fully saturated rings. The van der Waals surface area contributed by atoms with Gasteiger partial charge in [0.15, 0.2) is 0 Å². The van der Waals surface area contributed by atoms with Crippen molar-refractivity contribution in [2.24, 2.45) is 0 Å². The molecule has 102 valence electrons. The van der Waals surface area contributed by atoms with Crippen LogP contribution in [0.2, 0.25) is 0 Å². The number of halogens is 2. The highest BCUT2D eigenvalue weighted by Gasteiger charge is 2.19. The highest BCUT2D eigenvalue weighted by atomic mass is 79.9. The Bertz CT molecular complexity index is 553. The second-order valence-corrected chi connectivity index (χ2v) is 6.04. The van der Waals surface area contributed by atoms with Crippen LogP contribution in [0.3, 0.4) is 0 Å². The smallest absolute Gasteiger partial charge is 0.0802 e. The predicted octanol–water partition coefficient (Wildman–Crippen LogP) is 3.52. The highest BCUT2D eigenvalue weighted by Crippen LogP contribution is 2.30. The van der Waals surface area contributed by atoms with Crippen molar-refractivity contribution in [3.05, 3.63) is 44.6 Å². The molecule has 4 nitrogen and oxygen atoms in total. The van der Waals surface area contributed by atoms with E-state index in [1.54, 1.807) is 0 Å². The minimum absolute atomic E-state index is 0.0634. The predicted molar refractivity (Wildman–Crippen MR) is 83.1 cm³/mol. The lowest BCUT2D eigenvalue weighted by atomic mass is 10.0. The first-order valence-corrected chi connectivity index (χ1v) is 7.76. The van der Waals surface area contributed by atoms with Gasteiger partial charge < -0.3 is 5.32 Å². The molecule has 0 spiro atoms. The number of benzene rings is 1. The molecule has 0 aliphatic rings. The van der Waals surface area contributed by atoms with Crippen LogP contribution in [0, 0.1) is 0 Å². The minimum atomic E-state index is 0.0634. The normalized spacial score (nSPS) is 12.6. The first-order valence-electron chi connectivity index (χ1n) is 6.18. The topological polar surface area (TPSA) is 42.7 Å². The third kappa shape index (κ3) is 3.24. The molecule has 0 saturated heterocycles. The Kier molecular flexibility index (Phi) is 5.13. The summed E-state index contributed by atoms with van der Waals surface area (Å²) in [5.41, 5.74) is 2.24. The van der Waals surface area contributed by atoms with E-state index in [1.807, 2.05) is 30.1 Å². The van der Waals surface area contributed by atoms with Crippen LogP contribution in [-0.2, 0) is 6.54 Å². The molecule has 1 heterocycles. The van der Waals surface area contributed by atoms with Gasteiger partial charge in [-0.1, -0.05) is 44.0 Å². The SMILES string of the molecule is CCCn1nncc1C(NC)c1cc(Br)ccc1Br. The van der Waals surface area contributed by atoms with Crippen LogP contribution in [-0.4, -0.2) is 22.0 Å². The molecular formula is C13H16Br2N4. The number of nitrogens with zero attached hydrogens (tertiary/aromatic N) is 3. The Morgan fingerprint density at radius 3 is 2.84 bits per heavy atom. The van der Waals surface area contributed by atoms with Crippen molar-refractivity contribution in [2.45, 2.75) is 25.9 Å². The van der Waals surface area contributed by atoms with Crippen molar-refractivity contribution in [1.29, 1.82) is 0 Å². The van der Waals surface area contributed by atoms with Gasteiger partial charge in [-0.25, -0.2) is 4.68 Å². The lowest BCUT2D eigenvalue weighted by Crippen LogP contribution is -2.22. The molecular weight excluding hydrogens is 372 g/mol. The molecule has 1 unspecified atom stereocenters. The van der Waals surface area contributed by atoms with Crippen LogP contribution in [0.1, 0.15) is 30.6 Å². The summed E-state index contributed by atoms with van der Waals surface area (Å²) in [4.78, 5) is 0. The summed E-state index contributed by atoms with van der Waals surface area (Å²) in [6, 6.07) is 6.22. The number of rotatable bonds is 5. The average Bonchev–Trinajstić information content (AvgIpc) is 2.83. The summed E-state index contributed by atoms with van der Waals surface area (Å²) < 4.78 is 4.08. The van der Waals surface area contributed by atoms with Crippen molar-refractivity contribution < 1.29 is 0 Å². The van der Waals surface area contributed by atoms with Gasteiger partial charge in [0, 0.05) is 15.5 Å². The van der Waals surface area contributed by atoms with Gasteiger partial charge in [0.05, 0.1) is 17.9 Å². The third-order valence-corrected chi connectivity index (χ3v) is 4.15. The summed E-state index contributed by atoms with van der Waals surface area (Å²) >= 11 is 7.13. The lowest BCUT2D eigenvalue weighted by Gasteiger charge is -2.19. The van der Waals surface area contributed by atoms with Gasteiger partial charge in [-0.2, -0.15) is 0 Å². The third-order valence-electron chi connectivity index (χ3n) is 2.94. The molecule has 1 aromatic heterocycles. The fourth-order valence-electron chi connectivity index (χ4n) is 2.07. The van der Waals surface area contributed by atoms with Crippen LogP contribution in [0.15, 0.2) is 33.3 Å². The highest BCUT2D eigenvalue weighted by molar-refractivity contribution is 9.11. The average molecular weight is 388 g/mol. The molecule has 2 aromatic rings. The molecule has 0 aliphatic carbocycles. The molecule has 1 aromatic carbocycles. The van der Waals surface area contributed by atoms with E-state index >= 15 is 0 Å². The Morgan fingerprint density at radius 2 is 2.16 bits per heavy atom. The van der Waals surface area contributed by atoms with Crippen molar-refractivity contribution in [1.82, 2.24) is 20.3 Å². The van der Waals surface area contributed by atoms with Gasteiger partial charge in [0.25, 0.3) is 0 Å². The second-order valence-electron chi connectivity index (χ2n) is 4.27. The number of aryl methyl sites for hydroxylation is 1. The van der Waals surface area contributed by atoms with E-state index in [2.05, 4.69) is 60.5 Å². The van der Waals surface area contributed by atoms with Gasteiger partial charge in [-0.05, 0) is 37.2 Å². The maximum Gasteiger partial charge on any atom is 0.0802 e. The van der Waals surface area contributed by atoms with E-state index in [1.165, 1.54) is 0 Å². The van der Waals surface area contributed by atoms with Crippen molar-refractivity contribution in [3.63, 3.8) is 0 Å². The van der Waals surface area contributed by atoms with Crippen LogP contribution in [0.4, 0.5) is 0 Å². The maximum atomic E-state index is 4.15. The standard InChI is InChI=1S/C13H16Br2N4/c1-3-6-19-12(8-17-18-19)13(16-2)10-7-9(14)4-5-11(10)15/h4-5,7-8,13,16H,3,6H2,1-2H3. The van der Waals surface area contributed by atoms with E-state index in [0.29, 0.717) is 0 Å². The molecule has 0 saturated carbocycles. The molecule has 1 N–H and O–H groups in total. The molecule has 0 bridgehead atoms. The maximum absolute atomic E-state index is 4.15. The Labute approximate surface area is 129 Å². The summed E-state index contributed by atoms with van der Waals surface area (Å²) in [6.07, 6.45) is 2.86. The zero-order valence-electron chi connectivity index (χ0n) is 10.9. The Morgan fingerprint density at radius 1 is 1.37 bits per heavy atom. The zero-order valence-corrected chi connectivity index (χ0v) is 14.1. The summed E-state index contributed by atoms with van der Waals surface area (Å²) in [6.45, 7) is 3.01. The number of aromatic nitrogens is 3. The Balaban J connectivity index is 2.44. The number of hydrogen-bond donors (Lipinski definition) is 1. The quantitative estimate of drug-likeness (QED) is 0.853. The van der Waals surface area contributed by atoms with Crippen LogP contribution in [0.5, 0.6) is 0 Å². The largest absolute Gasteiger partial charge is 0.308 e. The molecule has 6 heteroatoms. The first-order chi connectivity index (χ1) is 9.17. The number of hydrogen-bond acceptors (Lipinski definition) is 3. The Hall–Kier alpha value is -0.720. The van der Waals surface area contributed by atoms with Gasteiger partial charge in [-0.3, -0.25) is 0 Å². The van der Waals surface area contributed by atoms with Gasteiger partial charge in [-0.15, -0.1) is 5.10 Å². The second kappa shape index (κ2) is 6.63. The van der Waals surface area contributed by atoms with Crippen molar-refractivity contribution in [3.8, 4) is 0 Å². The molecule has 0 amide bonds. The first kappa shape index (κ1) is 14.7.